The molecule has 1 heterocycles. The zero-order chi connectivity index (χ0) is 13.5. The Labute approximate surface area is 117 Å². The number of hydrogen-bond donors (Lipinski definition) is 2. The summed E-state index contributed by atoms with van der Waals surface area (Å²) in [6, 6.07) is 0. The second kappa shape index (κ2) is 7.68. The van der Waals surface area contributed by atoms with Crippen molar-refractivity contribution in [1.29, 1.82) is 0 Å². The van der Waals surface area contributed by atoms with Crippen molar-refractivity contribution in [3.8, 4) is 0 Å². The number of imidazole rings is 1. The van der Waals surface area contributed by atoms with Crippen molar-refractivity contribution in [3.05, 3.63) is 17.7 Å². The van der Waals surface area contributed by atoms with Gasteiger partial charge in [0, 0.05) is 24.7 Å². The molecule has 3 N–H and O–H groups in total. The first-order valence-electron chi connectivity index (χ1n) is 8.00. The topological polar surface area (TPSA) is 54.7 Å². The van der Waals surface area contributed by atoms with Gasteiger partial charge in [0.15, 0.2) is 0 Å². The fourth-order valence-electron chi connectivity index (χ4n) is 3.22. The van der Waals surface area contributed by atoms with Crippen LogP contribution >= 0.6 is 0 Å². The first kappa shape index (κ1) is 14.6. The van der Waals surface area contributed by atoms with Gasteiger partial charge in [-0.25, -0.2) is 4.98 Å². The number of aromatic amines is 1. The van der Waals surface area contributed by atoms with Crippen LogP contribution in [0.2, 0.25) is 0 Å². The molecule has 1 aromatic rings. The monoisotopic (exact) mass is 263 g/mol. The summed E-state index contributed by atoms with van der Waals surface area (Å²) in [6.45, 7) is 3.05. The number of rotatable bonds is 7. The molecule has 1 unspecified atom stereocenters. The Bertz CT molecular complexity index is 353. The second-order valence-corrected chi connectivity index (χ2v) is 6.28. The lowest BCUT2D eigenvalue weighted by molar-refractivity contribution is 0.311. The van der Waals surface area contributed by atoms with E-state index in [-0.39, 0.29) is 0 Å². The van der Waals surface area contributed by atoms with Gasteiger partial charge < -0.3 is 10.7 Å². The quantitative estimate of drug-likeness (QED) is 0.791. The van der Waals surface area contributed by atoms with Gasteiger partial charge in [0.2, 0.25) is 0 Å². The largest absolute Gasteiger partial charge is 0.346 e. The maximum atomic E-state index is 5.55. The second-order valence-electron chi connectivity index (χ2n) is 6.28. The maximum absolute atomic E-state index is 5.55. The van der Waals surface area contributed by atoms with Crippen molar-refractivity contribution in [2.75, 3.05) is 6.54 Å². The van der Waals surface area contributed by atoms with Crippen LogP contribution in [-0.2, 0) is 12.8 Å². The molecule has 0 amide bonds. The highest BCUT2D eigenvalue weighted by Gasteiger charge is 2.15. The van der Waals surface area contributed by atoms with Crippen LogP contribution < -0.4 is 5.73 Å². The van der Waals surface area contributed by atoms with Crippen LogP contribution in [-0.4, -0.2) is 16.5 Å². The third-order valence-electron chi connectivity index (χ3n) is 4.43. The first-order chi connectivity index (χ1) is 9.28. The third-order valence-corrected chi connectivity index (χ3v) is 4.43. The minimum Gasteiger partial charge on any atom is -0.346 e. The van der Waals surface area contributed by atoms with Crippen LogP contribution in [0.4, 0.5) is 0 Å². The average molecular weight is 263 g/mol. The Kier molecular flexibility index (Phi) is 5.90. The molecule has 0 spiro atoms. The predicted molar refractivity (Wildman–Crippen MR) is 80.0 cm³/mol. The number of aromatic nitrogens is 2. The summed E-state index contributed by atoms with van der Waals surface area (Å²) in [5, 5.41) is 0. The van der Waals surface area contributed by atoms with Crippen molar-refractivity contribution in [3.63, 3.8) is 0 Å². The van der Waals surface area contributed by atoms with Crippen molar-refractivity contribution < 1.29 is 0 Å². The number of nitrogens with one attached hydrogen (secondary N) is 1. The highest BCUT2D eigenvalue weighted by Crippen LogP contribution is 2.29. The Morgan fingerprint density at radius 3 is 2.89 bits per heavy atom. The van der Waals surface area contributed by atoms with Gasteiger partial charge in [0.25, 0.3) is 0 Å². The Balaban J connectivity index is 1.69. The molecular weight excluding hydrogens is 234 g/mol. The van der Waals surface area contributed by atoms with Crippen LogP contribution in [0.15, 0.2) is 6.20 Å². The molecule has 0 aliphatic heterocycles. The number of hydrogen-bond acceptors (Lipinski definition) is 2. The number of nitrogens with two attached hydrogens (primary N) is 1. The molecule has 1 aliphatic rings. The van der Waals surface area contributed by atoms with Crippen LogP contribution in [0.1, 0.15) is 63.4 Å². The lowest BCUT2D eigenvalue weighted by Crippen LogP contribution is -2.09. The smallest absolute Gasteiger partial charge is 0.106 e. The Morgan fingerprint density at radius 1 is 1.37 bits per heavy atom. The summed E-state index contributed by atoms with van der Waals surface area (Å²) in [6.07, 6.45) is 14.0. The molecule has 0 radical (unpaired) electrons. The van der Waals surface area contributed by atoms with Crippen molar-refractivity contribution in [2.45, 2.75) is 64.7 Å². The van der Waals surface area contributed by atoms with Gasteiger partial charge in [-0.3, -0.25) is 0 Å². The minimum atomic E-state index is 0.693. The molecule has 0 saturated heterocycles. The van der Waals surface area contributed by atoms with Crippen molar-refractivity contribution in [2.24, 2.45) is 17.6 Å². The fourth-order valence-corrected chi connectivity index (χ4v) is 3.22. The summed E-state index contributed by atoms with van der Waals surface area (Å²) in [5.41, 5.74) is 6.73. The fraction of sp³-hybridized carbons (Fsp3) is 0.812. The van der Waals surface area contributed by atoms with E-state index in [0.717, 1.165) is 30.5 Å². The molecule has 19 heavy (non-hydrogen) atoms. The molecule has 108 valence electrons. The molecule has 1 fully saturated rings. The average Bonchev–Trinajstić information content (AvgIpc) is 2.85. The van der Waals surface area contributed by atoms with E-state index in [0.29, 0.717) is 6.54 Å². The van der Waals surface area contributed by atoms with Gasteiger partial charge in [0.1, 0.15) is 5.82 Å². The van der Waals surface area contributed by atoms with E-state index in [1.54, 1.807) is 0 Å². The van der Waals surface area contributed by atoms with E-state index in [1.165, 1.54) is 50.6 Å². The van der Waals surface area contributed by atoms with E-state index < -0.39 is 0 Å². The van der Waals surface area contributed by atoms with Gasteiger partial charge in [-0.15, -0.1) is 0 Å². The van der Waals surface area contributed by atoms with Crippen LogP contribution in [0, 0.1) is 11.8 Å². The van der Waals surface area contributed by atoms with Gasteiger partial charge in [0.05, 0.1) is 0 Å². The Hall–Kier alpha value is -0.830. The molecule has 0 aromatic carbocycles. The molecular formula is C16H29N3. The van der Waals surface area contributed by atoms with E-state index in [1.807, 2.05) is 6.20 Å². The summed E-state index contributed by atoms with van der Waals surface area (Å²) in [7, 11) is 0. The highest BCUT2D eigenvalue weighted by atomic mass is 14.9. The van der Waals surface area contributed by atoms with E-state index >= 15 is 0 Å². The number of H-pyrrole nitrogens is 1. The van der Waals surface area contributed by atoms with E-state index in [2.05, 4.69) is 16.9 Å². The summed E-state index contributed by atoms with van der Waals surface area (Å²) >= 11 is 0. The molecule has 0 bridgehead atoms. The molecule has 1 saturated carbocycles. The summed E-state index contributed by atoms with van der Waals surface area (Å²) in [5.74, 6) is 2.87. The zero-order valence-corrected chi connectivity index (χ0v) is 12.3. The van der Waals surface area contributed by atoms with Gasteiger partial charge in [-0.1, -0.05) is 51.9 Å². The van der Waals surface area contributed by atoms with Crippen molar-refractivity contribution in [1.82, 2.24) is 9.97 Å². The molecule has 1 aromatic heterocycles. The molecule has 1 atom stereocenters. The zero-order valence-electron chi connectivity index (χ0n) is 12.3. The minimum absolute atomic E-state index is 0.693. The third kappa shape index (κ3) is 4.98. The van der Waals surface area contributed by atoms with Crippen LogP contribution in [0.25, 0.3) is 0 Å². The molecule has 1 aliphatic carbocycles. The van der Waals surface area contributed by atoms with Crippen LogP contribution in [0.3, 0.4) is 0 Å². The molecule has 2 rings (SSSR count). The first-order valence-corrected chi connectivity index (χ1v) is 8.00. The molecule has 3 nitrogen and oxygen atoms in total. The van der Waals surface area contributed by atoms with E-state index in [9.17, 15) is 0 Å². The van der Waals surface area contributed by atoms with Gasteiger partial charge in [-0.2, -0.15) is 0 Å². The SMILES string of the molecule is CC(CCC1CCCCC1)Cc1ncc(CCN)[nH]1. The highest BCUT2D eigenvalue weighted by molar-refractivity contribution is 5.02. The lowest BCUT2D eigenvalue weighted by Gasteiger charge is -2.22. The van der Waals surface area contributed by atoms with Gasteiger partial charge in [-0.05, 0) is 18.4 Å². The summed E-state index contributed by atoms with van der Waals surface area (Å²) in [4.78, 5) is 7.85. The standard InChI is InChI=1S/C16H29N3/c1-13(7-8-14-5-3-2-4-6-14)11-16-18-12-15(19-16)9-10-17/h12-14H,2-11,17H2,1H3,(H,18,19). The van der Waals surface area contributed by atoms with Crippen molar-refractivity contribution >= 4 is 0 Å². The lowest BCUT2D eigenvalue weighted by atomic mass is 9.84. The normalized spacial score (nSPS) is 18.6. The summed E-state index contributed by atoms with van der Waals surface area (Å²) < 4.78 is 0. The maximum Gasteiger partial charge on any atom is 0.106 e. The molecule has 3 heteroatoms. The number of nitrogens with zero attached hydrogens (tertiary/aromatic N) is 1. The predicted octanol–water partition coefficient (Wildman–Crippen LogP) is 3.45. The Morgan fingerprint density at radius 2 is 2.16 bits per heavy atom. The van der Waals surface area contributed by atoms with Crippen LogP contribution in [0.5, 0.6) is 0 Å². The van der Waals surface area contributed by atoms with E-state index in [4.69, 9.17) is 5.73 Å². The van der Waals surface area contributed by atoms with Gasteiger partial charge >= 0.3 is 0 Å².